The van der Waals surface area contributed by atoms with Crippen LogP contribution in [0.25, 0.3) is 0 Å². The van der Waals surface area contributed by atoms with E-state index in [4.69, 9.17) is 0 Å². The predicted molar refractivity (Wildman–Crippen MR) is 72.5 cm³/mol. The van der Waals surface area contributed by atoms with Gasteiger partial charge in [-0.1, -0.05) is 13.8 Å². The standard InChI is InChI=1S/C13H24N4/c1-10(2)9-14-6-7-17(5)13-15-11(3)8-12(4)16-13/h8,10,14H,6-7,9H2,1-5H3. The third kappa shape index (κ3) is 5.13. The lowest BCUT2D eigenvalue weighted by Gasteiger charge is -2.18. The topological polar surface area (TPSA) is 41.1 Å². The van der Waals surface area contributed by atoms with E-state index in [1.54, 1.807) is 0 Å². The molecular weight excluding hydrogens is 212 g/mol. The van der Waals surface area contributed by atoms with Gasteiger partial charge < -0.3 is 10.2 Å². The molecule has 0 amide bonds. The number of aromatic nitrogens is 2. The monoisotopic (exact) mass is 236 g/mol. The summed E-state index contributed by atoms with van der Waals surface area (Å²) >= 11 is 0. The minimum absolute atomic E-state index is 0.692. The lowest BCUT2D eigenvalue weighted by molar-refractivity contribution is 0.553. The Hall–Kier alpha value is -1.16. The van der Waals surface area contributed by atoms with Crippen LogP contribution in [0.4, 0.5) is 5.95 Å². The summed E-state index contributed by atoms with van der Waals surface area (Å²) in [5.74, 6) is 1.51. The molecule has 0 radical (unpaired) electrons. The Morgan fingerprint density at radius 3 is 2.35 bits per heavy atom. The number of hydrogen-bond donors (Lipinski definition) is 1. The first-order valence-electron chi connectivity index (χ1n) is 6.23. The maximum atomic E-state index is 4.43. The minimum atomic E-state index is 0.692. The number of aryl methyl sites for hydroxylation is 2. The molecule has 1 rings (SSSR count). The van der Waals surface area contributed by atoms with Crippen molar-refractivity contribution in [2.45, 2.75) is 27.7 Å². The zero-order valence-electron chi connectivity index (χ0n) is 11.6. The van der Waals surface area contributed by atoms with Gasteiger partial charge in [-0.05, 0) is 32.4 Å². The van der Waals surface area contributed by atoms with Gasteiger partial charge in [0.1, 0.15) is 0 Å². The van der Waals surface area contributed by atoms with Gasteiger partial charge >= 0.3 is 0 Å². The summed E-state index contributed by atoms with van der Waals surface area (Å²) in [6.07, 6.45) is 0. The Morgan fingerprint density at radius 2 is 1.82 bits per heavy atom. The highest BCUT2D eigenvalue weighted by atomic mass is 15.2. The van der Waals surface area contributed by atoms with Gasteiger partial charge in [-0.2, -0.15) is 0 Å². The lowest BCUT2D eigenvalue weighted by Crippen LogP contribution is -2.32. The first-order chi connectivity index (χ1) is 7.99. The molecule has 0 aliphatic carbocycles. The summed E-state index contributed by atoms with van der Waals surface area (Å²) in [5, 5.41) is 3.42. The van der Waals surface area contributed by atoms with E-state index in [9.17, 15) is 0 Å². The molecule has 0 saturated carbocycles. The van der Waals surface area contributed by atoms with Crippen LogP contribution < -0.4 is 10.2 Å². The molecule has 0 aliphatic heterocycles. The minimum Gasteiger partial charge on any atom is -0.343 e. The van der Waals surface area contributed by atoms with Gasteiger partial charge in [-0.3, -0.25) is 0 Å². The summed E-state index contributed by atoms with van der Waals surface area (Å²) in [6.45, 7) is 11.4. The van der Waals surface area contributed by atoms with E-state index in [2.05, 4.69) is 34.0 Å². The maximum absolute atomic E-state index is 4.43. The molecule has 0 fully saturated rings. The van der Waals surface area contributed by atoms with Crippen LogP contribution in [0.3, 0.4) is 0 Å². The zero-order chi connectivity index (χ0) is 12.8. The fourth-order valence-electron chi connectivity index (χ4n) is 1.62. The number of nitrogens with zero attached hydrogens (tertiary/aromatic N) is 3. The second-order valence-electron chi connectivity index (χ2n) is 4.97. The van der Waals surface area contributed by atoms with Crippen molar-refractivity contribution < 1.29 is 0 Å². The van der Waals surface area contributed by atoms with Crippen LogP contribution in [0.2, 0.25) is 0 Å². The van der Waals surface area contributed by atoms with E-state index >= 15 is 0 Å². The first kappa shape index (κ1) is 13.9. The van der Waals surface area contributed by atoms with Crippen LogP contribution in [0.1, 0.15) is 25.2 Å². The van der Waals surface area contributed by atoms with Gasteiger partial charge in [0.2, 0.25) is 5.95 Å². The zero-order valence-corrected chi connectivity index (χ0v) is 11.6. The highest BCUT2D eigenvalue weighted by molar-refractivity contribution is 5.30. The van der Waals surface area contributed by atoms with Crippen molar-refractivity contribution in [2.24, 2.45) is 5.92 Å². The van der Waals surface area contributed by atoms with Crippen molar-refractivity contribution >= 4 is 5.95 Å². The summed E-state index contributed by atoms with van der Waals surface area (Å²) in [6, 6.07) is 1.99. The molecule has 0 aliphatic rings. The number of hydrogen-bond acceptors (Lipinski definition) is 4. The molecule has 17 heavy (non-hydrogen) atoms. The predicted octanol–water partition coefficient (Wildman–Crippen LogP) is 1.78. The van der Waals surface area contributed by atoms with Gasteiger partial charge in [-0.15, -0.1) is 0 Å². The number of nitrogens with one attached hydrogen (secondary N) is 1. The molecule has 4 nitrogen and oxygen atoms in total. The Labute approximate surface area is 104 Å². The SMILES string of the molecule is Cc1cc(C)nc(N(C)CCNCC(C)C)n1. The smallest absolute Gasteiger partial charge is 0.225 e. The fourth-order valence-corrected chi connectivity index (χ4v) is 1.62. The average molecular weight is 236 g/mol. The maximum Gasteiger partial charge on any atom is 0.225 e. The summed E-state index contributed by atoms with van der Waals surface area (Å²) in [7, 11) is 2.03. The van der Waals surface area contributed by atoms with Gasteiger partial charge in [0, 0.05) is 31.5 Å². The normalized spacial score (nSPS) is 10.9. The molecule has 1 aromatic heterocycles. The summed E-state index contributed by atoms with van der Waals surface area (Å²) in [4.78, 5) is 11.0. The van der Waals surface area contributed by atoms with Crippen molar-refractivity contribution in [3.63, 3.8) is 0 Å². The van der Waals surface area contributed by atoms with E-state index in [1.165, 1.54) is 0 Å². The van der Waals surface area contributed by atoms with E-state index < -0.39 is 0 Å². The van der Waals surface area contributed by atoms with Crippen LogP contribution in [-0.4, -0.2) is 36.6 Å². The van der Waals surface area contributed by atoms with Crippen LogP contribution in [0.5, 0.6) is 0 Å². The second kappa shape index (κ2) is 6.55. The third-order valence-electron chi connectivity index (χ3n) is 2.49. The fraction of sp³-hybridized carbons (Fsp3) is 0.692. The summed E-state index contributed by atoms with van der Waals surface area (Å²) < 4.78 is 0. The molecule has 0 atom stereocenters. The molecule has 0 unspecified atom stereocenters. The highest BCUT2D eigenvalue weighted by Crippen LogP contribution is 2.07. The molecule has 96 valence electrons. The van der Waals surface area contributed by atoms with E-state index in [0.29, 0.717) is 5.92 Å². The van der Waals surface area contributed by atoms with Crippen LogP contribution in [-0.2, 0) is 0 Å². The average Bonchev–Trinajstić information content (AvgIpc) is 2.22. The summed E-state index contributed by atoms with van der Waals surface area (Å²) in [5.41, 5.74) is 2.05. The largest absolute Gasteiger partial charge is 0.343 e. The number of anilines is 1. The van der Waals surface area contributed by atoms with Crippen LogP contribution in [0.15, 0.2) is 6.07 Å². The van der Waals surface area contributed by atoms with Crippen molar-refractivity contribution in [1.82, 2.24) is 15.3 Å². The van der Waals surface area contributed by atoms with Crippen molar-refractivity contribution in [3.8, 4) is 0 Å². The number of rotatable bonds is 6. The quantitative estimate of drug-likeness (QED) is 0.764. The number of likely N-dealkylation sites (N-methyl/N-ethyl adjacent to an activating group) is 1. The molecule has 1 aromatic rings. The lowest BCUT2D eigenvalue weighted by atomic mass is 10.2. The molecule has 0 saturated heterocycles. The van der Waals surface area contributed by atoms with Crippen LogP contribution >= 0.6 is 0 Å². The van der Waals surface area contributed by atoms with Crippen LogP contribution in [0, 0.1) is 19.8 Å². The highest BCUT2D eigenvalue weighted by Gasteiger charge is 2.05. The van der Waals surface area contributed by atoms with Gasteiger partial charge in [0.25, 0.3) is 0 Å². The van der Waals surface area contributed by atoms with E-state index in [0.717, 1.165) is 37.0 Å². The molecule has 0 bridgehead atoms. The van der Waals surface area contributed by atoms with E-state index in [-0.39, 0.29) is 0 Å². The van der Waals surface area contributed by atoms with E-state index in [1.807, 2.05) is 27.0 Å². The Balaban J connectivity index is 2.43. The molecular formula is C13H24N4. The first-order valence-corrected chi connectivity index (χ1v) is 6.23. The van der Waals surface area contributed by atoms with Crippen molar-refractivity contribution in [3.05, 3.63) is 17.5 Å². The van der Waals surface area contributed by atoms with Crippen molar-refractivity contribution in [1.29, 1.82) is 0 Å². The molecule has 1 heterocycles. The van der Waals surface area contributed by atoms with Gasteiger partial charge in [0.05, 0.1) is 0 Å². The Morgan fingerprint density at radius 1 is 1.24 bits per heavy atom. The van der Waals surface area contributed by atoms with Gasteiger partial charge in [0.15, 0.2) is 0 Å². The third-order valence-corrected chi connectivity index (χ3v) is 2.49. The van der Waals surface area contributed by atoms with Crippen molar-refractivity contribution in [2.75, 3.05) is 31.6 Å². The molecule has 4 heteroatoms. The molecule has 0 spiro atoms. The Kier molecular flexibility index (Phi) is 5.35. The molecule has 0 aromatic carbocycles. The second-order valence-corrected chi connectivity index (χ2v) is 4.97. The Bertz CT molecular complexity index is 329. The van der Waals surface area contributed by atoms with Gasteiger partial charge in [-0.25, -0.2) is 9.97 Å². The molecule has 1 N–H and O–H groups in total.